The number of hydrogen-bond donors (Lipinski definition) is 1. The van der Waals surface area contributed by atoms with Crippen molar-refractivity contribution in [2.75, 3.05) is 13.1 Å². The molecule has 2 rings (SSSR count). The van der Waals surface area contributed by atoms with Crippen LogP contribution in [0.4, 0.5) is 4.79 Å². The second-order valence-corrected chi connectivity index (χ2v) is 7.82. The van der Waals surface area contributed by atoms with E-state index in [1.54, 1.807) is 0 Å². The van der Waals surface area contributed by atoms with E-state index in [0.717, 1.165) is 30.5 Å². The molecule has 1 heterocycles. The highest BCUT2D eigenvalue weighted by molar-refractivity contribution is 9.10. The molecule has 0 aromatic heterocycles. The Labute approximate surface area is 141 Å². The molecule has 0 spiro atoms. The molecule has 22 heavy (non-hydrogen) atoms. The minimum atomic E-state index is -0.449. The Morgan fingerprint density at radius 3 is 2.82 bits per heavy atom. The van der Waals surface area contributed by atoms with E-state index in [0.29, 0.717) is 0 Å². The molecular weight excluding hydrogens is 344 g/mol. The molecular formula is C17H25BrN2O2. The van der Waals surface area contributed by atoms with Crippen molar-refractivity contribution in [1.29, 1.82) is 0 Å². The maximum atomic E-state index is 11.8. The van der Waals surface area contributed by atoms with Crippen LogP contribution in [0, 0.1) is 6.92 Å². The SMILES string of the molecule is Cc1ccc(CN2CC[C@H](NC(=O)OC(C)(C)C)C2)c(Br)c1. The standard InChI is InChI=1S/C17H25BrN2O2/c1-12-5-6-13(15(18)9-12)10-20-8-7-14(11-20)19-16(21)22-17(2,3)4/h5-6,9,14H,7-8,10-11H2,1-4H3,(H,19,21)/t14-/m0/s1. The summed E-state index contributed by atoms with van der Waals surface area (Å²) in [5.74, 6) is 0. The molecule has 1 aromatic carbocycles. The molecule has 1 N–H and O–H groups in total. The Morgan fingerprint density at radius 2 is 2.18 bits per heavy atom. The van der Waals surface area contributed by atoms with Crippen LogP contribution in [0.15, 0.2) is 22.7 Å². The molecule has 0 saturated carbocycles. The van der Waals surface area contributed by atoms with Gasteiger partial charge in [-0.2, -0.15) is 0 Å². The lowest BCUT2D eigenvalue weighted by Crippen LogP contribution is -2.40. The summed E-state index contributed by atoms with van der Waals surface area (Å²) in [5, 5.41) is 2.96. The predicted octanol–water partition coefficient (Wildman–Crippen LogP) is 3.86. The normalized spacial score (nSPS) is 19.2. The highest BCUT2D eigenvalue weighted by Gasteiger charge is 2.26. The van der Waals surface area contributed by atoms with Gasteiger partial charge in [0.05, 0.1) is 0 Å². The summed E-state index contributed by atoms with van der Waals surface area (Å²) in [6, 6.07) is 6.60. The molecule has 1 atom stereocenters. The minimum absolute atomic E-state index is 0.166. The van der Waals surface area contributed by atoms with Gasteiger partial charge in [0.2, 0.25) is 0 Å². The Bertz CT molecular complexity index is 540. The number of benzene rings is 1. The van der Waals surface area contributed by atoms with Gasteiger partial charge in [-0.25, -0.2) is 4.79 Å². The van der Waals surface area contributed by atoms with Crippen molar-refractivity contribution in [2.24, 2.45) is 0 Å². The number of nitrogens with one attached hydrogen (secondary N) is 1. The zero-order chi connectivity index (χ0) is 16.3. The van der Waals surface area contributed by atoms with Crippen LogP contribution in [0.2, 0.25) is 0 Å². The summed E-state index contributed by atoms with van der Waals surface area (Å²) in [4.78, 5) is 14.2. The number of likely N-dealkylation sites (tertiary alicyclic amines) is 1. The van der Waals surface area contributed by atoms with Crippen LogP contribution in [0.25, 0.3) is 0 Å². The largest absolute Gasteiger partial charge is 0.444 e. The van der Waals surface area contributed by atoms with Gasteiger partial charge in [0.1, 0.15) is 5.60 Å². The van der Waals surface area contributed by atoms with Crippen LogP contribution in [-0.4, -0.2) is 35.7 Å². The van der Waals surface area contributed by atoms with E-state index in [1.165, 1.54) is 11.1 Å². The summed E-state index contributed by atoms with van der Waals surface area (Å²) in [6.45, 7) is 10.5. The minimum Gasteiger partial charge on any atom is -0.444 e. The first-order chi connectivity index (χ1) is 10.2. The fraction of sp³-hybridized carbons (Fsp3) is 0.588. The molecule has 5 heteroatoms. The summed E-state index contributed by atoms with van der Waals surface area (Å²) in [7, 11) is 0. The molecule has 1 aliphatic heterocycles. The third kappa shape index (κ3) is 5.29. The Balaban J connectivity index is 1.84. The first-order valence-electron chi connectivity index (χ1n) is 7.70. The smallest absolute Gasteiger partial charge is 0.407 e. The van der Waals surface area contributed by atoms with E-state index < -0.39 is 5.60 Å². The average Bonchev–Trinajstić information content (AvgIpc) is 2.77. The molecule has 1 fully saturated rings. The van der Waals surface area contributed by atoms with Gasteiger partial charge >= 0.3 is 6.09 Å². The van der Waals surface area contributed by atoms with Crippen molar-refractivity contribution in [3.05, 3.63) is 33.8 Å². The zero-order valence-electron chi connectivity index (χ0n) is 13.8. The monoisotopic (exact) mass is 368 g/mol. The van der Waals surface area contributed by atoms with E-state index in [-0.39, 0.29) is 12.1 Å². The number of aryl methyl sites for hydroxylation is 1. The fourth-order valence-electron chi connectivity index (χ4n) is 2.59. The topological polar surface area (TPSA) is 41.6 Å². The lowest BCUT2D eigenvalue weighted by molar-refractivity contribution is 0.0506. The second-order valence-electron chi connectivity index (χ2n) is 6.96. The van der Waals surface area contributed by atoms with Gasteiger partial charge in [-0.3, -0.25) is 4.90 Å². The quantitative estimate of drug-likeness (QED) is 0.880. The number of halogens is 1. The molecule has 0 radical (unpaired) electrons. The fourth-order valence-corrected chi connectivity index (χ4v) is 3.21. The second kappa shape index (κ2) is 7.01. The van der Waals surface area contributed by atoms with Crippen LogP contribution in [-0.2, 0) is 11.3 Å². The number of carbonyl (C=O) groups excluding carboxylic acids is 1. The highest BCUT2D eigenvalue weighted by Crippen LogP contribution is 2.22. The number of amides is 1. The number of alkyl carbamates (subject to hydrolysis) is 1. The number of hydrogen-bond acceptors (Lipinski definition) is 3. The van der Waals surface area contributed by atoms with E-state index in [9.17, 15) is 4.79 Å². The van der Waals surface area contributed by atoms with Crippen LogP contribution < -0.4 is 5.32 Å². The number of rotatable bonds is 3. The number of ether oxygens (including phenoxy) is 1. The van der Waals surface area contributed by atoms with Gasteiger partial charge in [-0.15, -0.1) is 0 Å². The molecule has 1 aromatic rings. The van der Waals surface area contributed by atoms with Crippen molar-refractivity contribution < 1.29 is 9.53 Å². The van der Waals surface area contributed by atoms with Crippen molar-refractivity contribution in [2.45, 2.75) is 52.3 Å². The van der Waals surface area contributed by atoms with Gasteiger partial charge in [-0.1, -0.05) is 28.1 Å². The van der Waals surface area contributed by atoms with Crippen LogP contribution in [0.5, 0.6) is 0 Å². The summed E-state index contributed by atoms with van der Waals surface area (Å²) >= 11 is 3.63. The third-order valence-corrected chi connectivity index (χ3v) is 4.33. The van der Waals surface area contributed by atoms with Gasteiger partial charge in [0, 0.05) is 30.1 Å². The van der Waals surface area contributed by atoms with E-state index in [1.807, 2.05) is 20.8 Å². The van der Waals surface area contributed by atoms with Gasteiger partial charge < -0.3 is 10.1 Å². The maximum Gasteiger partial charge on any atom is 0.407 e. The summed E-state index contributed by atoms with van der Waals surface area (Å²) in [5.41, 5.74) is 2.08. The lowest BCUT2D eigenvalue weighted by Gasteiger charge is -2.22. The molecule has 0 bridgehead atoms. The molecule has 1 amide bonds. The zero-order valence-corrected chi connectivity index (χ0v) is 15.4. The summed E-state index contributed by atoms with van der Waals surface area (Å²) in [6.07, 6.45) is 0.638. The van der Waals surface area contributed by atoms with Gasteiger partial charge in [0.25, 0.3) is 0 Å². The van der Waals surface area contributed by atoms with Crippen molar-refractivity contribution in [1.82, 2.24) is 10.2 Å². The average molecular weight is 369 g/mol. The first-order valence-corrected chi connectivity index (χ1v) is 8.49. The summed E-state index contributed by atoms with van der Waals surface area (Å²) < 4.78 is 6.46. The maximum absolute atomic E-state index is 11.8. The number of nitrogens with zero attached hydrogens (tertiary/aromatic N) is 1. The van der Waals surface area contributed by atoms with Crippen molar-refractivity contribution in [3.63, 3.8) is 0 Å². The van der Waals surface area contributed by atoms with E-state index in [4.69, 9.17) is 4.74 Å². The Hall–Kier alpha value is -1.07. The van der Waals surface area contributed by atoms with Crippen molar-refractivity contribution in [3.8, 4) is 0 Å². The lowest BCUT2D eigenvalue weighted by atomic mass is 10.1. The molecule has 122 valence electrons. The highest BCUT2D eigenvalue weighted by atomic mass is 79.9. The molecule has 0 unspecified atom stereocenters. The molecule has 1 saturated heterocycles. The molecule has 4 nitrogen and oxygen atoms in total. The van der Waals surface area contributed by atoms with Crippen LogP contribution >= 0.6 is 15.9 Å². The van der Waals surface area contributed by atoms with Crippen LogP contribution in [0.1, 0.15) is 38.3 Å². The van der Waals surface area contributed by atoms with E-state index >= 15 is 0 Å². The molecule has 0 aliphatic carbocycles. The van der Waals surface area contributed by atoms with Gasteiger partial charge in [0.15, 0.2) is 0 Å². The van der Waals surface area contributed by atoms with Crippen LogP contribution in [0.3, 0.4) is 0 Å². The van der Waals surface area contributed by atoms with Crippen molar-refractivity contribution >= 4 is 22.0 Å². The Morgan fingerprint density at radius 1 is 1.45 bits per heavy atom. The predicted molar refractivity (Wildman–Crippen MR) is 91.9 cm³/mol. The third-order valence-electron chi connectivity index (χ3n) is 3.60. The van der Waals surface area contributed by atoms with E-state index in [2.05, 4.69) is 51.3 Å². The van der Waals surface area contributed by atoms with Gasteiger partial charge in [-0.05, 0) is 51.3 Å². The first kappa shape index (κ1) is 17.3. The number of carbonyl (C=O) groups is 1. The molecule has 1 aliphatic rings. The Kier molecular flexibility index (Phi) is 5.50.